The highest BCUT2D eigenvalue weighted by Gasteiger charge is 2.42. The monoisotopic (exact) mass is 374 g/mol. The number of amides is 2. The average molecular weight is 374 g/mol. The molecule has 2 N–H and O–H groups in total. The van der Waals surface area contributed by atoms with Crippen molar-refractivity contribution >= 4 is 12.0 Å². The van der Waals surface area contributed by atoms with Gasteiger partial charge >= 0.3 is 18.2 Å². The van der Waals surface area contributed by atoms with Crippen molar-refractivity contribution in [2.45, 2.75) is 32.5 Å². The molecule has 1 aliphatic rings. The minimum Gasteiger partial charge on any atom is -0.484 e. The van der Waals surface area contributed by atoms with Gasteiger partial charge in [-0.1, -0.05) is 12.1 Å². The van der Waals surface area contributed by atoms with Gasteiger partial charge in [0.25, 0.3) is 0 Å². The van der Waals surface area contributed by atoms with Crippen molar-refractivity contribution < 1.29 is 32.6 Å². The topological polar surface area (TPSA) is 78.9 Å². The Hall–Kier alpha value is -2.45. The highest BCUT2D eigenvalue weighted by Crippen LogP contribution is 2.30. The number of rotatable bonds is 5. The lowest BCUT2D eigenvalue weighted by Crippen LogP contribution is -2.41. The summed E-state index contributed by atoms with van der Waals surface area (Å²) in [5.74, 6) is -0.850. The van der Waals surface area contributed by atoms with Gasteiger partial charge in [0.15, 0.2) is 6.61 Å². The Bertz CT molecular complexity index is 663. The number of aliphatic carboxylic acids is 1. The van der Waals surface area contributed by atoms with Gasteiger partial charge < -0.3 is 20.1 Å². The zero-order valence-corrected chi connectivity index (χ0v) is 14.5. The fraction of sp³-hybridized carbons (Fsp3) is 0.529. The first kappa shape index (κ1) is 19.9. The third kappa shape index (κ3) is 5.03. The van der Waals surface area contributed by atoms with E-state index in [0.717, 1.165) is 0 Å². The summed E-state index contributed by atoms with van der Waals surface area (Å²) in [6, 6.07) is 5.18. The van der Waals surface area contributed by atoms with E-state index in [4.69, 9.17) is 0 Å². The summed E-state index contributed by atoms with van der Waals surface area (Å²) >= 11 is 0. The molecule has 144 valence electrons. The van der Waals surface area contributed by atoms with Gasteiger partial charge in [-0.2, -0.15) is 13.2 Å². The number of carboxylic acids is 1. The Morgan fingerprint density at radius 3 is 2.46 bits per heavy atom. The van der Waals surface area contributed by atoms with Gasteiger partial charge in [-0.05, 0) is 38.0 Å². The molecular formula is C17H21F3N2O4. The molecule has 0 aliphatic carbocycles. The first-order chi connectivity index (χ1) is 12.0. The highest BCUT2D eigenvalue weighted by molar-refractivity contribution is 5.79. The van der Waals surface area contributed by atoms with Gasteiger partial charge in [0.05, 0.1) is 11.5 Å². The van der Waals surface area contributed by atoms with E-state index in [1.807, 2.05) is 0 Å². The molecule has 1 aromatic rings. The molecule has 9 heteroatoms. The Morgan fingerprint density at radius 1 is 1.35 bits per heavy atom. The van der Waals surface area contributed by atoms with E-state index in [9.17, 15) is 27.9 Å². The van der Waals surface area contributed by atoms with Crippen LogP contribution in [0.5, 0.6) is 5.75 Å². The second-order valence-electron chi connectivity index (χ2n) is 6.68. The largest absolute Gasteiger partial charge is 0.484 e. The summed E-state index contributed by atoms with van der Waals surface area (Å²) in [6.45, 7) is 2.45. The Labute approximate surface area is 148 Å². The van der Waals surface area contributed by atoms with Gasteiger partial charge in [-0.15, -0.1) is 0 Å². The highest BCUT2D eigenvalue weighted by atomic mass is 19.4. The van der Waals surface area contributed by atoms with Crippen molar-refractivity contribution in [1.82, 2.24) is 10.2 Å². The third-order valence-corrected chi connectivity index (χ3v) is 4.40. The van der Waals surface area contributed by atoms with Gasteiger partial charge in [0.2, 0.25) is 0 Å². The molecule has 26 heavy (non-hydrogen) atoms. The molecule has 0 radical (unpaired) electrons. The van der Waals surface area contributed by atoms with Crippen LogP contribution in [-0.4, -0.2) is 47.9 Å². The van der Waals surface area contributed by atoms with Crippen molar-refractivity contribution in [3.8, 4) is 5.75 Å². The molecule has 6 nitrogen and oxygen atoms in total. The van der Waals surface area contributed by atoms with Gasteiger partial charge in [0.1, 0.15) is 5.75 Å². The molecule has 0 spiro atoms. The molecule has 1 aliphatic heterocycles. The number of benzene rings is 1. The maximum Gasteiger partial charge on any atom is 0.422 e. The van der Waals surface area contributed by atoms with E-state index < -0.39 is 30.2 Å². The van der Waals surface area contributed by atoms with E-state index in [1.165, 1.54) is 17.0 Å². The number of carbonyl (C=O) groups is 2. The molecule has 1 heterocycles. The SMILES string of the molecule is CC(NC(=O)N1CCC(C)(C(=O)O)C1)c1ccc(OCC(F)(F)F)cc1. The van der Waals surface area contributed by atoms with Crippen molar-refractivity contribution in [2.24, 2.45) is 5.41 Å². The molecule has 2 atom stereocenters. The van der Waals surface area contributed by atoms with Gasteiger partial charge in [-0.3, -0.25) is 4.79 Å². The minimum atomic E-state index is -4.40. The average Bonchev–Trinajstić information content (AvgIpc) is 2.97. The number of likely N-dealkylation sites (tertiary alicyclic amines) is 1. The van der Waals surface area contributed by atoms with E-state index in [1.54, 1.807) is 26.0 Å². The number of halogens is 3. The van der Waals surface area contributed by atoms with Crippen LogP contribution in [0.2, 0.25) is 0 Å². The van der Waals surface area contributed by atoms with Gasteiger partial charge in [0, 0.05) is 13.1 Å². The van der Waals surface area contributed by atoms with Crippen LogP contribution in [0.25, 0.3) is 0 Å². The number of hydrogen-bond acceptors (Lipinski definition) is 3. The third-order valence-electron chi connectivity index (χ3n) is 4.40. The van der Waals surface area contributed by atoms with Crippen LogP contribution in [-0.2, 0) is 4.79 Å². The molecule has 0 bridgehead atoms. The fourth-order valence-electron chi connectivity index (χ4n) is 2.69. The van der Waals surface area contributed by atoms with E-state index in [0.29, 0.717) is 18.5 Å². The normalized spacial score (nSPS) is 21.3. The number of carbonyl (C=O) groups excluding carboxylic acids is 1. The lowest BCUT2D eigenvalue weighted by atomic mass is 9.90. The fourth-order valence-corrected chi connectivity index (χ4v) is 2.69. The van der Waals surface area contributed by atoms with E-state index >= 15 is 0 Å². The summed E-state index contributed by atoms with van der Waals surface area (Å²) in [5.41, 5.74) is -0.254. The smallest absolute Gasteiger partial charge is 0.422 e. The Morgan fingerprint density at radius 2 is 1.96 bits per heavy atom. The molecule has 0 saturated carbocycles. The predicted octanol–water partition coefficient (Wildman–Crippen LogP) is 3.19. The first-order valence-electron chi connectivity index (χ1n) is 8.08. The summed E-state index contributed by atoms with van der Waals surface area (Å²) in [6.07, 6.45) is -4.02. The molecule has 0 aromatic heterocycles. The van der Waals surface area contributed by atoms with E-state index in [-0.39, 0.29) is 18.3 Å². The summed E-state index contributed by atoms with van der Waals surface area (Å²) in [4.78, 5) is 25.0. The van der Waals surface area contributed by atoms with Gasteiger partial charge in [-0.25, -0.2) is 4.79 Å². The van der Waals surface area contributed by atoms with Crippen LogP contribution in [0.15, 0.2) is 24.3 Å². The number of nitrogens with zero attached hydrogens (tertiary/aromatic N) is 1. The van der Waals surface area contributed by atoms with Crippen molar-refractivity contribution in [3.05, 3.63) is 29.8 Å². The van der Waals surface area contributed by atoms with Crippen LogP contribution in [0.4, 0.5) is 18.0 Å². The van der Waals surface area contributed by atoms with Crippen molar-refractivity contribution in [2.75, 3.05) is 19.7 Å². The number of urea groups is 1. The van der Waals surface area contributed by atoms with E-state index in [2.05, 4.69) is 10.1 Å². The zero-order valence-electron chi connectivity index (χ0n) is 14.5. The number of alkyl halides is 3. The lowest BCUT2D eigenvalue weighted by molar-refractivity contribution is -0.153. The van der Waals surface area contributed by atoms with Crippen LogP contribution < -0.4 is 10.1 Å². The second kappa shape index (κ2) is 7.43. The van der Waals surface area contributed by atoms with Crippen molar-refractivity contribution in [1.29, 1.82) is 0 Å². The van der Waals surface area contributed by atoms with Crippen LogP contribution >= 0.6 is 0 Å². The maximum atomic E-state index is 12.3. The standard InChI is InChI=1S/C17H21F3N2O4/c1-11(12-3-5-13(6-4-12)26-10-17(18,19)20)21-15(25)22-8-7-16(2,9-22)14(23)24/h3-6,11H,7-10H2,1-2H3,(H,21,25)(H,23,24). The number of nitrogens with one attached hydrogen (secondary N) is 1. The number of ether oxygens (including phenoxy) is 1. The molecule has 2 unspecified atom stereocenters. The number of carboxylic acid groups (broad SMARTS) is 1. The molecule has 2 rings (SSSR count). The molecular weight excluding hydrogens is 353 g/mol. The van der Waals surface area contributed by atoms with Crippen LogP contribution in [0.3, 0.4) is 0 Å². The quantitative estimate of drug-likeness (QED) is 0.830. The second-order valence-corrected chi connectivity index (χ2v) is 6.68. The zero-order chi connectivity index (χ0) is 19.5. The first-order valence-corrected chi connectivity index (χ1v) is 8.08. The van der Waals surface area contributed by atoms with Crippen molar-refractivity contribution in [3.63, 3.8) is 0 Å². The molecule has 1 aromatic carbocycles. The summed E-state index contributed by atoms with van der Waals surface area (Å²) in [5, 5.41) is 12.0. The maximum absolute atomic E-state index is 12.3. The Kier molecular flexibility index (Phi) is 5.68. The molecule has 2 amide bonds. The van der Waals surface area contributed by atoms with Crippen LogP contribution in [0.1, 0.15) is 31.9 Å². The van der Waals surface area contributed by atoms with Crippen LogP contribution in [0, 0.1) is 5.41 Å². The summed E-state index contributed by atoms with van der Waals surface area (Å²) < 4.78 is 41.0. The minimum absolute atomic E-state index is 0.0846. The molecule has 1 saturated heterocycles. The number of hydrogen-bond donors (Lipinski definition) is 2. The summed E-state index contributed by atoms with van der Waals surface area (Å²) in [7, 11) is 0. The predicted molar refractivity (Wildman–Crippen MR) is 86.9 cm³/mol. The molecule has 1 fully saturated rings. The Balaban J connectivity index is 1.90. The lowest BCUT2D eigenvalue weighted by Gasteiger charge is -2.23.